The smallest absolute Gasteiger partial charge is 0.266 e. The summed E-state index contributed by atoms with van der Waals surface area (Å²) < 4.78 is 5.89. The molecule has 35 heavy (non-hydrogen) atoms. The number of rotatable bonds is 4. The summed E-state index contributed by atoms with van der Waals surface area (Å²) in [6.07, 6.45) is 5.99. The van der Waals surface area contributed by atoms with Gasteiger partial charge < -0.3 is 4.74 Å². The maximum atomic E-state index is 12.9. The third-order valence-corrected chi connectivity index (χ3v) is 5.76. The van der Waals surface area contributed by atoms with Gasteiger partial charge in [0.1, 0.15) is 11.5 Å². The maximum absolute atomic E-state index is 12.9. The molecule has 6 rings (SSSR count). The molecule has 2 aliphatic rings. The van der Waals surface area contributed by atoms with Crippen molar-refractivity contribution < 1.29 is 23.9 Å². The second-order valence-corrected chi connectivity index (χ2v) is 7.83. The van der Waals surface area contributed by atoms with Gasteiger partial charge in [-0.05, 0) is 60.7 Å². The van der Waals surface area contributed by atoms with Gasteiger partial charge in [-0.15, -0.1) is 0 Å². The predicted molar refractivity (Wildman–Crippen MR) is 124 cm³/mol. The summed E-state index contributed by atoms with van der Waals surface area (Å²) in [6, 6.07) is 15.7. The average molecular weight is 462 g/mol. The van der Waals surface area contributed by atoms with E-state index in [0.29, 0.717) is 22.9 Å². The highest BCUT2D eigenvalue weighted by atomic mass is 16.5. The first kappa shape index (κ1) is 20.4. The molecule has 9 nitrogen and oxygen atoms in total. The molecule has 4 aromatic rings. The molecule has 9 heteroatoms. The molecule has 0 fully saturated rings. The number of nitrogens with zero attached hydrogens (tertiary/aromatic N) is 4. The first-order valence-corrected chi connectivity index (χ1v) is 10.6. The molecule has 0 saturated heterocycles. The summed E-state index contributed by atoms with van der Waals surface area (Å²) >= 11 is 0. The van der Waals surface area contributed by atoms with Gasteiger partial charge in [-0.2, -0.15) is 0 Å². The average Bonchev–Trinajstić information content (AvgIpc) is 3.28. The molecule has 2 aromatic heterocycles. The van der Waals surface area contributed by atoms with Crippen LogP contribution in [0.4, 0.5) is 11.4 Å². The summed E-state index contributed by atoms with van der Waals surface area (Å²) in [5.41, 5.74) is 1.67. The van der Waals surface area contributed by atoms with Crippen LogP contribution < -0.4 is 14.5 Å². The van der Waals surface area contributed by atoms with Crippen LogP contribution in [0.5, 0.6) is 11.5 Å². The minimum absolute atomic E-state index is 0.200. The molecule has 2 aromatic carbocycles. The Morgan fingerprint density at radius 3 is 1.37 bits per heavy atom. The molecule has 0 radical (unpaired) electrons. The van der Waals surface area contributed by atoms with E-state index in [0.717, 1.165) is 9.80 Å². The highest BCUT2D eigenvalue weighted by molar-refractivity contribution is 6.35. The number of aromatic nitrogens is 2. The van der Waals surface area contributed by atoms with E-state index in [1.807, 2.05) is 0 Å². The summed E-state index contributed by atoms with van der Waals surface area (Å²) in [7, 11) is 0. The number of imide groups is 2. The quantitative estimate of drug-likeness (QED) is 0.424. The normalized spacial score (nSPS) is 14.4. The SMILES string of the molecule is O=C1c2ccc(Oc3ccc4c(c3)C(=O)N(c3cccnc3)C4=O)cc2C(=O)N1c1cccnc1. The van der Waals surface area contributed by atoms with Crippen LogP contribution in [-0.4, -0.2) is 33.6 Å². The van der Waals surface area contributed by atoms with Gasteiger partial charge in [-0.25, -0.2) is 9.80 Å². The van der Waals surface area contributed by atoms with Gasteiger partial charge in [0.05, 0.1) is 46.0 Å². The van der Waals surface area contributed by atoms with Gasteiger partial charge in [0.15, 0.2) is 0 Å². The lowest BCUT2D eigenvalue weighted by Crippen LogP contribution is -2.29. The molecule has 168 valence electrons. The second-order valence-electron chi connectivity index (χ2n) is 7.83. The Kier molecular flexibility index (Phi) is 4.49. The molecule has 0 N–H and O–H groups in total. The van der Waals surface area contributed by atoms with Crippen molar-refractivity contribution in [1.82, 2.24) is 9.97 Å². The number of carbonyl (C=O) groups is 4. The third kappa shape index (κ3) is 3.17. The van der Waals surface area contributed by atoms with E-state index in [1.54, 1.807) is 48.8 Å². The van der Waals surface area contributed by atoms with Gasteiger partial charge in [0.2, 0.25) is 0 Å². The number of fused-ring (bicyclic) bond motifs is 2. The fraction of sp³-hybridized carbons (Fsp3) is 0. The molecule has 0 atom stereocenters. The molecule has 4 heterocycles. The van der Waals surface area contributed by atoms with Crippen molar-refractivity contribution in [3.05, 3.63) is 108 Å². The minimum atomic E-state index is -0.481. The molecule has 0 spiro atoms. The lowest BCUT2D eigenvalue weighted by molar-refractivity contribution is 0.0910. The van der Waals surface area contributed by atoms with Gasteiger partial charge in [0.25, 0.3) is 23.6 Å². The number of pyridine rings is 2. The van der Waals surface area contributed by atoms with Crippen molar-refractivity contribution in [2.24, 2.45) is 0 Å². The van der Waals surface area contributed by atoms with Crippen molar-refractivity contribution >= 4 is 35.0 Å². The summed E-state index contributed by atoms with van der Waals surface area (Å²) in [5, 5.41) is 0. The molecule has 0 aliphatic carbocycles. The fourth-order valence-electron chi connectivity index (χ4n) is 4.14. The minimum Gasteiger partial charge on any atom is -0.457 e. The van der Waals surface area contributed by atoms with Crippen LogP contribution in [0.2, 0.25) is 0 Å². The van der Waals surface area contributed by atoms with Crippen molar-refractivity contribution in [2.75, 3.05) is 9.80 Å². The van der Waals surface area contributed by atoms with Gasteiger partial charge in [-0.1, -0.05) is 0 Å². The van der Waals surface area contributed by atoms with Crippen LogP contribution in [0.25, 0.3) is 0 Å². The van der Waals surface area contributed by atoms with E-state index in [9.17, 15) is 19.2 Å². The van der Waals surface area contributed by atoms with Crippen LogP contribution in [0.3, 0.4) is 0 Å². The standard InChI is InChI=1S/C26H14N4O5/c31-23-19-7-5-17(11-21(19)25(33)29(23)15-3-1-9-27-13-15)35-18-6-8-20-22(12-18)26(34)30(24(20)32)16-4-2-10-28-14-16/h1-14H. The monoisotopic (exact) mass is 462 g/mol. The van der Waals surface area contributed by atoms with Crippen molar-refractivity contribution in [3.8, 4) is 11.5 Å². The van der Waals surface area contributed by atoms with E-state index in [2.05, 4.69) is 9.97 Å². The molecular weight excluding hydrogens is 448 g/mol. The van der Waals surface area contributed by atoms with Crippen LogP contribution >= 0.6 is 0 Å². The molecule has 0 saturated carbocycles. The summed E-state index contributed by atoms with van der Waals surface area (Å²) in [5.74, 6) is -1.24. The van der Waals surface area contributed by atoms with E-state index >= 15 is 0 Å². The summed E-state index contributed by atoms with van der Waals surface area (Å²) in [6.45, 7) is 0. The number of anilines is 2. The lowest BCUT2D eigenvalue weighted by atomic mass is 10.1. The Hall–Kier alpha value is -5.18. The fourth-order valence-corrected chi connectivity index (χ4v) is 4.14. The van der Waals surface area contributed by atoms with E-state index in [1.165, 1.54) is 36.7 Å². The third-order valence-electron chi connectivity index (χ3n) is 5.76. The molecule has 4 amide bonds. The zero-order valence-corrected chi connectivity index (χ0v) is 17.9. The highest BCUT2D eigenvalue weighted by Crippen LogP contribution is 2.34. The predicted octanol–water partition coefficient (Wildman–Crippen LogP) is 3.87. The van der Waals surface area contributed by atoms with Crippen LogP contribution in [-0.2, 0) is 0 Å². The van der Waals surface area contributed by atoms with Crippen molar-refractivity contribution in [1.29, 1.82) is 0 Å². The van der Waals surface area contributed by atoms with Gasteiger partial charge in [0, 0.05) is 12.4 Å². The number of carbonyl (C=O) groups excluding carboxylic acids is 4. The van der Waals surface area contributed by atoms with Crippen LogP contribution in [0, 0.1) is 0 Å². The zero-order chi connectivity index (χ0) is 24.1. The Balaban J connectivity index is 1.29. The zero-order valence-electron chi connectivity index (χ0n) is 17.9. The highest BCUT2D eigenvalue weighted by Gasteiger charge is 2.38. The number of hydrogen-bond acceptors (Lipinski definition) is 7. The van der Waals surface area contributed by atoms with E-state index in [-0.39, 0.29) is 22.3 Å². The number of ether oxygens (including phenoxy) is 1. The second kappa shape index (κ2) is 7.70. The topological polar surface area (TPSA) is 110 Å². The Morgan fingerprint density at radius 1 is 0.543 bits per heavy atom. The summed E-state index contributed by atoms with van der Waals surface area (Å²) in [4.78, 5) is 61.5. The first-order valence-electron chi connectivity index (χ1n) is 10.6. The van der Waals surface area contributed by atoms with Crippen LogP contribution in [0.15, 0.2) is 85.5 Å². The maximum Gasteiger partial charge on any atom is 0.266 e. The van der Waals surface area contributed by atoms with Crippen LogP contribution in [0.1, 0.15) is 41.4 Å². The number of hydrogen-bond donors (Lipinski definition) is 0. The Labute approximate surface area is 198 Å². The lowest BCUT2D eigenvalue weighted by Gasteiger charge is -2.12. The molecular formula is C26H14N4O5. The largest absolute Gasteiger partial charge is 0.457 e. The van der Waals surface area contributed by atoms with Crippen molar-refractivity contribution in [2.45, 2.75) is 0 Å². The first-order chi connectivity index (χ1) is 17.0. The Bertz CT molecular complexity index is 1440. The van der Waals surface area contributed by atoms with E-state index < -0.39 is 23.6 Å². The molecule has 0 unspecified atom stereocenters. The Morgan fingerprint density at radius 2 is 0.971 bits per heavy atom. The van der Waals surface area contributed by atoms with Crippen molar-refractivity contribution in [3.63, 3.8) is 0 Å². The number of benzene rings is 2. The van der Waals surface area contributed by atoms with Gasteiger partial charge in [-0.3, -0.25) is 29.1 Å². The van der Waals surface area contributed by atoms with Gasteiger partial charge >= 0.3 is 0 Å². The molecule has 2 aliphatic heterocycles. The number of amides is 4. The molecule has 0 bridgehead atoms. The van der Waals surface area contributed by atoms with E-state index in [4.69, 9.17) is 4.74 Å².